The molecular formula is C23H24N2O2. The maximum atomic E-state index is 13.2. The quantitative estimate of drug-likeness (QED) is 0.885. The zero-order valence-electron chi connectivity index (χ0n) is 15.3. The van der Waals surface area contributed by atoms with Gasteiger partial charge in [-0.3, -0.25) is 4.79 Å². The van der Waals surface area contributed by atoms with Gasteiger partial charge in [0.2, 0.25) is 0 Å². The molecule has 0 radical (unpaired) electrons. The van der Waals surface area contributed by atoms with Crippen LogP contribution in [0.1, 0.15) is 53.6 Å². The highest BCUT2D eigenvalue weighted by Gasteiger charge is 2.50. The molecule has 0 unspecified atom stereocenters. The molecule has 4 rings (SSSR count). The molecule has 1 heterocycles. The number of carbonyl (C=O) groups excluding carboxylic acids is 1. The van der Waals surface area contributed by atoms with Crippen LogP contribution in [0.4, 0.5) is 0 Å². The molecule has 2 aromatic rings. The maximum Gasteiger partial charge on any atom is 0.254 e. The number of nitriles is 1. The molecule has 4 nitrogen and oxygen atoms in total. The normalized spacial score (nSPS) is 27.5. The van der Waals surface area contributed by atoms with E-state index in [-0.39, 0.29) is 17.9 Å². The topological polar surface area (TPSA) is 64.3 Å². The zero-order valence-corrected chi connectivity index (χ0v) is 15.3. The van der Waals surface area contributed by atoms with Gasteiger partial charge in [0.05, 0.1) is 17.2 Å². The van der Waals surface area contributed by atoms with Gasteiger partial charge < -0.3 is 10.0 Å². The number of nitrogens with zero attached hydrogens (tertiary/aromatic N) is 2. The Bertz CT molecular complexity index is 873. The Morgan fingerprint density at radius 2 is 1.89 bits per heavy atom. The molecule has 2 fully saturated rings. The van der Waals surface area contributed by atoms with Crippen molar-refractivity contribution in [1.29, 1.82) is 5.26 Å². The number of hydrogen-bond acceptors (Lipinski definition) is 3. The summed E-state index contributed by atoms with van der Waals surface area (Å²) in [7, 11) is 0. The van der Waals surface area contributed by atoms with E-state index in [2.05, 4.69) is 6.07 Å². The summed E-state index contributed by atoms with van der Waals surface area (Å²) in [5.41, 5.74) is 1.14. The Kier molecular flexibility index (Phi) is 4.72. The lowest BCUT2D eigenvalue weighted by atomic mass is 9.66. The molecule has 0 spiro atoms. The van der Waals surface area contributed by atoms with Crippen LogP contribution in [-0.4, -0.2) is 28.5 Å². The summed E-state index contributed by atoms with van der Waals surface area (Å²) in [6.07, 6.45) is 4.56. The predicted octanol–water partition coefficient (Wildman–Crippen LogP) is 3.85. The van der Waals surface area contributed by atoms with Crippen molar-refractivity contribution in [2.45, 2.75) is 43.7 Å². The summed E-state index contributed by atoms with van der Waals surface area (Å²) in [6.45, 7) is 0.530. The molecule has 0 aromatic heterocycles. The zero-order chi connectivity index (χ0) is 18.9. The van der Waals surface area contributed by atoms with E-state index in [0.29, 0.717) is 24.1 Å². The van der Waals surface area contributed by atoms with Crippen molar-refractivity contribution in [2.75, 3.05) is 6.54 Å². The lowest BCUT2D eigenvalue weighted by Crippen LogP contribution is -2.59. The van der Waals surface area contributed by atoms with Crippen molar-refractivity contribution in [2.24, 2.45) is 5.92 Å². The number of piperidine rings is 1. The molecule has 1 saturated carbocycles. The fraction of sp³-hybridized carbons (Fsp3) is 0.391. The summed E-state index contributed by atoms with van der Waals surface area (Å²) in [5.74, 6) is 0.0182. The van der Waals surface area contributed by atoms with Crippen LogP contribution in [0, 0.1) is 17.2 Å². The minimum absolute atomic E-state index is 0.0286. The summed E-state index contributed by atoms with van der Waals surface area (Å²) in [4.78, 5) is 15.1. The van der Waals surface area contributed by atoms with Crippen molar-refractivity contribution in [3.63, 3.8) is 0 Å². The number of fused-ring (bicyclic) bond motifs is 1. The fourth-order valence-electron chi connectivity index (χ4n) is 4.91. The average Bonchev–Trinajstić information content (AvgIpc) is 2.74. The SMILES string of the molecule is N#Cc1cccc(C(=O)N2CC[C@@](O)(c3ccccc3)[C@H]3CCCC[C@@H]32)c1. The van der Waals surface area contributed by atoms with Crippen molar-refractivity contribution in [3.05, 3.63) is 71.3 Å². The van der Waals surface area contributed by atoms with Gasteiger partial charge in [-0.1, -0.05) is 49.2 Å². The summed E-state index contributed by atoms with van der Waals surface area (Å²) in [5, 5.41) is 20.7. The molecule has 3 atom stereocenters. The number of amides is 1. The maximum absolute atomic E-state index is 13.2. The van der Waals surface area contributed by atoms with Crippen LogP contribution in [-0.2, 0) is 5.60 Å². The van der Waals surface area contributed by atoms with Gasteiger partial charge in [-0.25, -0.2) is 0 Å². The van der Waals surface area contributed by atoms with E-state index >= 15 is 0 Å². The van der Waals surface area contributed by atoms with Crippen LogP contribution in [0.5, 0.6) is 0 Å². The fourth-order valence-corrected chi connectivity index (χ4v) is 4.91. The highest BCUT2D eigenvalue weighted by atomic mass is 16.3. The van der Waals surface area contributed by atoms with Crippen LogP contribution in [0.25, 0.3) is 0 Å². The van der Waals surface area contributed by atoms with Gasteiger partial charge in [0.15, 0.2) is 0 Å². The third-order valence-electron chi connectivity index (χ3n) is 6.25. The van der Waals surface area contributed by atoms with Gasteiger partial charge in [-0.2, -0.15) is 5.26 Å². The van der Waals surface area contributed by atoms with E-state index in [4.69, 9.17) is 5.26 Å². The van der Waals surface area contributed by atoms with Gasteiger partial charge in [0.1, 0.15) is 0 Å². The number of hydrogen-bond donors (Lipinski definition) is 1. The number of benzene rings is 2. The van der Waals surface area contributed by atoms with E-state index < -0.39 is 5.60 Å². The largest absolute Gasteiger partial charge is 0.385 e. The first-order valence-corrected chi connectivity index (χ1v) is 9.72. The summed E-state index contributed by atoms with van der Waals surface area (Å²) >= 11 is 0. The second-order valence-electron chi connectivity index (χ2n) is 7.69. The smallest absolute Gasteiger partial charge is 0.254 e. The summed E-state index contributed by atoms with van der Waals surface area (Å²) < 4.78 is 0. The minimum atomic E-state index is -0.877. The van der Waals surface area contributed by atoms with Crippen molar-refractivity contribution in [1.82, 2.24) is 4.90 Å². The first kappa shape index (κ1) is 17.8. The second-order valence-corrected chi connectivity index (χ2v) is 7.69. The third-order valence-corrected chi connectivity index (χ3v) is 6.25. The van der Waals surface area contributed by atoms with E-state index in [9.17, 15) is 9.90 Å². The Morgan fingerprint density at radius 3 is 2.67 bits per heavy atom. The molecule has 0 bridgehead atoms. The molecule has 4 heteroatoms. The number of likely N-dealkylation sites (tertiary alicyclic amines) is 1. The van der Waals surface area contributed by atoms with Crippen molar-refractivity contribution >= 4 is 5.91 Å². The van der Waals surface area contributed by atoms with Crippen LogP contribution in [0.2, 0.25) is 0 Å². The highest BCUT2D eigenvalue weighted by Crippen LogP contribution is 2.47. The molecule has 138 valence electrons. The molecule has 27 heavy (non-hydrogen) atoms. The Morgan fingerprint density at radius 1 is 1.11 bits per heavy atom. The lowest BCUT2D eigenvalue weighted by Gasteiger charge is -2.52. The number of rotatable bonds is 2. The Labute approximate surface area is 160 Å². The monoisotopic (exact) mass is 360 g/mol. The van der Waals surface area contributed by atoms with Crippen LogP contribution in [0.15, 0.2) is 54.6 Å². The predicted molar refractivity (Wildman–Crippen MR) is 103 cm³/mol. The first-order chi connectivity index (χ1) is 13.1. The van der Waals surface area contributed by atoms with E-state index in [0.717, 1.165) is 31.2 Å². The van der Waals surface area contributed by atoms with E-state index in [1.807, 2.05) is 35.2 Å². The molecule has 1 aliphatic carbocycles. The molecule has 1 amide bonds. The minimum Gasteiger partial charge on any atom is -0.385 e. The number of aliphatic hydroxyl groups is 1. The lowest BCUT2D eigenvalue weighted by molar-refractivity contribution is -0.110. The standard InChI is InChI=1S/C23H24N2O2/c24-16-17-7-6-8-18(15-17)22(26)25-14-13-23(27,19-9-2-1-3-10-19)20-11-4-5-12-21(20)25/h1-3,6-10,15,20-21,27H,4-5,11-14H2/t20-,21-,23+/m0/s1. The third kappa shape index (κ3) is 3.13. The van der Waals surface area contributed by atoms with Crippen LogP contribution < -0.4 is 0 Å². The Balaban J connectivity index is 1.66. The summed E-state index contributed by atoms with van der Waals surface area (Å²) in [6, 6.07) is 19.0. The number of carbonyl (C=O) groups is 1. The van der Waals surface area contributed by atoms with Crippen LogP contribution >= 0.6 is 0 Å². The van der Waals surface area contributed by atoms with Crippen molar-refractivity contribution in [3.8, 4) is 6.07 Å². The van der Waals surface area contributed by atoms with Gasteiger partial charge in [0.25, 0.3) is 5.91 Å². The molecule has 2 aromatic carbocycles. The molecular weight excluding hydrogens is 336 g/mol. The first-order valence-electron chi connectivity index (χ1n) is 9.72. The Hall–Kier alpha value is -2.64. The second kappa shape index (κ2) is 7.17. The van der Waals surface area contributed by atoms with Crippen molar-refractivity contribution < 1.29 is 9.90 Å². The van der Waals surface area contributed by atoms with E-state index in [1.165, 1.54) is 0 Å². The molecule has 1 saturated heterocycles. The average molecular weight is 360 g/mol. The molecule has 1 N–H and O–H groups in total. The van der Waals surface area contributed by atoms with Gasteiger partial charge in [-0.05, 0) is 43.0 Å². The van der Waals surface area contributed by atoms with E-state index in [1.54, 1.807) is 24.3 Å². The van der Waals surface area contributed by atoms with Gasteiger partial charge in [0, 0.05) is 24.1 Å². The molecule has 1 aliphatic heterocycles. The van der Waals surface area contributed by atoms with Gasteiger partial charge >= 0.3 is 0 Å². The van der Waals surface area contributed by atoms with Gasteiger partial charge in [-0.15, -0.1) is 0 Å². The van der Waals surface area contributed by atoms with Crippen LogP contribution in [0.3, 0.4) is 0 Å². The highest BCUT2D eigenvalue weighted by molar-refractivity contribution is 5.95. The molecule has 2 aliphatic rings.